The van der Waals surface area contributed by atoms with E-state index < -0.39 is 22.0 Å². The van der Waals surface area contributed by atoms with Gasteiger partial charge in [-0.2, -0.15) is 4.31 Å². The van der Waals surface area contributed by atoms with Gasteiger partial charge in [-0.3, -0.25) is 4.79 Å². The number of carbonyl (C=O) groups is 1. The smallest absolute Gasteiger partial charge is 0.324 e. The number of carbonyl (C=O) groups excluding carboxylic acids is 1. The minimum absolute atomic E-state index is 0. The Hall–Kier alpha value is -0.370. The highest BCUT2D eigenvalue weighted by atomic mass is 35.5. The summed E-state index contributed by atoms with van der Waals surface area (Å²) in [5.41, 5.74) is 5.80. The van der Waals surface area contributed by atoms with Gasteiger partial charge in [0.25, 0.3) is 0 Å². The fraction of sp³-hybridized carbons (Fsp3) is 0.909. The summed E-state index contributed by atoms with van der Waals surface area (Å²) in [5.74, 6) is -0.439. The quantitative estimate of drug-likeness (QED) is 0.746. The Morgan fingerprint density at radius 1 is 1.42 bits per heavy atom. The summed E-state index contributed by atoms with van der Waals surface area (Å²) < 4.78 is 30.3. The third-order valence-corrected chi connectivity index (χ3v) is 5.08. The van der Waals surface area contributed by atoms with Crippen LogP contribution in [0.25, 0.3) is 0 Å². The fourth-order valence-corrected chi connectivity index (χ4v) is 3.97. The molecule has 0 unspecified atom stereocenters. The van der Waals surface area contributed by atoms with Crippen molar-refractivity contribution in [3.63, 3.8) is 0 Å². The Labute approximate surface area is 121 Å². The lowest BCUT2D eigenvalue weighted by atomic mass is 10.0. The van der Waals surface area contributed by atoms with Crippen LogP contribution in [0.3, 0.4) is 0 Å². The van der Waals surface area contributed by atoms with Gasteiger partial charge in [0, 0.05) is 12.6 Å². The molecule has 0 aromatic carbocycles. The summed E-state index contributed by atoms with van der Waals surface area (Å²) in [4.78, 5) is 11.6. The number of piperidine rings is 1. The molecule has 8 heteroatoms. The van der Waals surface area contributed by atoms with Crippen molar-refractivity contribution < 1.29 is 17.9 Å². The summed E-state index contributed by atoms with van der Waals surface area (Å²) in [6.45, 7) is 2.13. The molecule has 19 heavy (non-hydrogen) atoms. The molecule has 1 rings (SSSR count). The number of rotatable bonds is 5. The lowest BCUT2D eigenvalue weighted by Crippen LogP contribution is -2.55. The lowest BCUT2D eigenvalue weighted by Gasteiger charge is -2.35. The molecule has 0 aromatic rings. The van der Waals surface area contributed by atoms with Gasteiger partial charge >= 0.3 is 5.97 Å². The normalized spacial score (nSPS) is 24.6. The number of halogens is 1. The van der Waals surface area contributed by atoms with Gasteiger partial charge in [-0.15, -0.1) is 12.4 Å². The molecule has 0 radical (unpaired) electrons. The standard InChI is InChI=1S/C11H22N2O4S.ClH/c1-3-4-7-18(15,16)13-8-9(12)5-6-10(13)11(14)17-2;/h9-10H,3-8,12H2,1-2H3;1H/t9-,10-;/m1./s1. The molecule has 0 amide bonds. The summed E-state index contributed by atoms with van der Waals surface area (Å²) in [7, 11) is -2.16. The van der Waals surface area contributed by atoms with Gasteiger partial charge in [-0.05, 0) is 19.3 Å². The number of sulfonamides is 1. The Bertz CT molecular complexity index is 388. The molecule has 2 N–H and O–H groups in total. The first-order valence-corrected chi connectivity index (χ1v) is 7.86. The largest absolute Gasteiger partial charge is 0.468 e. The maximum absolute atomic E-state index is 12.2. The van der Waals surface area contributed by atoms with E-state index in [0.717, 1.165) is 6.42 Å². The van der Waals surface area contributed by atoms with Crippen molar-refractivity contribution in [3.05, 3.63) is 0 Å². The zero-order valence-electron chi connectivity index (χ0n) is 11.4. The molecule has 0 bridgehead atoms. The third kappa shape index (κ3) is 4.91. The van der Waals surface area contributed by atoms with E-state index in [-0.39, 0.29) is 30.7 Å². The molecular formula is C11H23ClN2O4S. The Morgan fingerprint density at radius 2 is 2.05 bits per heavy atom. The Balaban J connectivity index is 0.00000324. The van der Waals surface area contributed by atoms with Gasteiger partial charge in [-0.25, -0.2) is 8.42 Å². The van der Waals surface area contributed by atoms with Gasteiger partial charge in [0.05, 0.1) is 12.9 Å². The second-order valence-electron chi connectivity index (χ2n) is 4.62. The van der Waals surface area contributed by atoms with E-state index in [9.17, 15) is 13.2 Å². The van der Waals surface area contributed by atoms with Gasteiger partial charge in [0.15, 0.2) is 0 Å². The first-order chi connectivity index (χ1) is 8.42. The molecule has 114 valence electrons. The minimum atomic E-state index is -3.43. The summed E-state index contributed by atoms with van der Waals surface area (Å²) in [6, 6.07) is -0.918. The SMILES string of the molecule is CCCCS(=O)(=O)N1C[C@H](N)CC[C@@H]1C(=O)OC.Cl. The first-order valence-electron chi connectivity index (χ1n) is 6.25. The van der Waals surface area contributed by atoms with Gasteiger partial charge in [0.2, 0.25) is 10.0 Å². The predicted molar refractivity (Wildman–Crippen MR) is 75.7 cm³/mol. The van der Waals surface area contributed by atoms with E-state index in [1.54, 1.807) is 0 Å². The van der Waals surface area contributed by atoms with E-state index >= 15 is 0 Å². The second-order valence-corrected chi connectivity index (χ2v) is 6.66. The molecule has 0 saturated carbocycles. The Kier molecular flexibility index (Phi) is 7.88. The number of hydrogen-bond acceptors (Lipinski definition) is 5. The average molecular weight is 315 g/mol. The summed E-state index contributed by atoms with van der Waals surface area (Å²) in [6.07, 6.45) is 2.45. The molecule has 0 spiro atoms. The molecule has 1 aliphatic heterocycles. The van der Waals surface area contributed by atoms with Crippen LogP contribution in [-0.2, 0) is 19.6 Å². The zero-order valence-corrected chi connectivity index (χ0v) is 13.0. The van der Waals surface area contributed by atoms with Gasteiger partial charge in [-0.1, -0.05) is 13.3 Å². The van der Waals surface area contributed by atoms with Crippen LogP contribution < -0.4 is 5.73 Å². The van der Waals surface area contributed by atoms with Crippen molar-refractivity contribution in [2.24, 2.45) is 5.73 Å². The van der Waals surface area contributed by atoms with Crippen LogP contribution in [-0.4, -0.2) is 50.2 Å². The number of nitrogens with two attached hydrogens (primary N) is 1. The molecule has 0 aliphatic carbocycles. The number of unbranched alkanes of at least 4 members (excludes halogenated alkanes) is 1. The molecule has 1 aliphatic rings. The third-order valence-electron chi connectivity index (χ3n) is 3.16. The molecule has 1 saturated heterocycles. The van der Waals surface area contributed by atoms with Crippen molar-refractivity contribution in [3.8, 4) is 0 Å². The van der Waals surface area contributed by atoms with E-state index in [4.69, 9.17) is 5.73 Å². The number of hydrogen-bond donors (Lipinski definition) is 1. The predicted octanol–water partition coefficient (Wildman–Crippen LogP) is 0.503. The van der Waals surface area contributed by atoms with Gasteiger partial charge < -0.3 is 10.5 Å². The monoisotopic (exact) mass is 314 g/mol. The highest BCUT2D eigenvalue weighted by Crippen LogP contribution is 2.22. The Morgan fingerprint density at radius 3 is 2.58 bits per heavy atom. The topological polar surface area (TPSA) is 89.7 Å². The van der Waals surface area contributed by atoms with Crippen LogP contribution >= 0.6 is 12.4 Å². The zero-order chi connectivity index (χ0) is 13.8. The van der Waals surface area contributed by atoms with E-state index in [2.05, 4.69) is 4.74 Å². The fourth-order valence-electron chi connectivity index (χ4n) is 2.09. The number of ether oxygens (including phenoxy) is 1. The lowest BCUT2D eigenvalue weighted by molar-refractivity contribution is -0.146. The van der Waals surface area contributed by atoms with Crippen LogP contribution in [0.1, 0.15) is 32.6 Å². The van der Waals surface area contributed by atoms with Crippen molar-refractivity contribution in [2.45, 2.75) is 44.7 Å². The summed E-state index contributed by atoms with van der Waals surface area (Å²) >= 11 is 0. The molecule has 2 atom stereocenters. The number of esters is 1. The van der Waals surface area contributed by atoms with Crippen molar-refractivity contribution in [2.75, 3.05) is 19.4 Å². The summed E-state index contributed by atoms with van der Waals surface area (Å²) in [5, 5.41) is 0. The molecule has 1 fully saturated rings. The maximum Gasteiger partial charge on any atom is 0.324 e. The number of methoxy groups -OCH3 is 1. The van der Waals surface area contributed by atoms with Crippen molar-refractivity contribution in [1.82, 2.24) is 4.31 Å². The second kappa shape index (κ2) is 8.04. The van der Waals surface area contributed by atoms with Crippen molar-refractivity contribution >= 4 is 28.4 Å². The molecule has 0 aromatic heterocycles. The van der Waals surface area contributed by atoms with E-state index in [1.165, 1.54) is 11.4 Å². The minimum Gasteiger partial charge on any atom is -0.468 e. The van der Waals surface area contributed by atoms with E-state index in [1.807, 2.05) is 6.92 Å². The average Bonchev–Trinajstić information content (AvgIpc) is 2.35. The van der Waals surface area contributed by atoms with Crippen LogP contribution in [0.4, 0.5) is 0 Å². The van der Waals surface area contributed by atoms with E-state index in [0.29, 0.717) is 19.3 Å². The van der Waals surface area contributed by atoms with Crippen LogP contribution in [0.15, 0.2) is 0 Å². The maximum atomic E-state index is 12.2. The van der Waals surface area contributed by atoms with Crippen molar-refractivity contribution in [1.29, 1.82) is 0 Å². The molecule has 1 heterocycles. The molecule has 6 nitrogen and oxygen atoms in total. The van der Waals surface area contributed by atoms with Crippen LogP contribution in [0, 0.1) is 0 Å². The number of nitrogens with zero attached hydrogens (tertiary/aromatic N) is 1. The first kappa shape index (κ1) is 18.6. The van der Waals surface area contributed by atoms with Crippen LogP contribution in [0.2, 0.25) is 0 Å². The molecular weight excluding hydrogens is 292 g/mol. The van der Waals surface area contributed by atoms with Gasteiger partial charge in [0.1, 0.15) is 6.04 Å². The highest BCUT2D eigenvalue weighted by Gasteiger charge is 2.39. The highest BCUT2D eigenvalue weighted by molar-refractivity contribution is 7.89. The van der Waals surface area contributed by atoms with Crippen LogP contribution in [0.5, 0.6) is 0 Å².